The lowest BCUT2D eigenvalue weighted by Crippen LogP contribution is -2.52. The van der Waals surface area contributed by atoms with E-state index in [0.717, 1.165) is 12.7 Å². The number of methoxy groups -OCH3 is 1. The van der Waals surface area contributed by atoms with Crippen LogP contribution in [0.5, 0.6) is 11.5 Å². The molecule has 1 aliphatic rings. The average Bonchev–Trinajstić information content (AvgIpc) is 2.79. The number of nitrogens with one attached hydrogen (secondary N) is 1. The van der Waals surface area contributed by atoms with Crippen LogP contribution in [0.4, 0.5) is 0 Å². The molecule has 2 aromatic carbocycles. The average molecular weight is 426 g/mol. The van der Waals surface area contributed by atoms with Crippen molar-refractivity contribution < 1.29 is 24.2 Å². The minimum absolute atomic E-state index is 0.116. The maximum Gasteiger partial charge on any atom is 0.252 e. The number of amides is 1. The molecule has 31 heavy (non-hydrogen) atoms. The van der Waals surface area contributed by atoms with Gasteiger partial charge in [0.05, 0.1) is 19.3 Å². The maximum absolute atomic E-state index is 12.9. The Morgan fingerprint density at radius 2 is 1.97 bits per heavy atom. The third-order valence-corrected chi connectivity index (χ3v) is 6.00. The lowest BCUT2D eigenvalue weighted by atomic mass is 9.77. The third-order valence-electron chi connectivity index (χ3n) is 6.00. The fourth-order valence-electron chi connectivity index (χ4n) is 4.02. The predicted molar refractivity (Wildman–Crippen MR) is 119 cm³/mol. The van der Waals surface area contributed by atoms with Crippen LogP contribution < -0.4 is 14.8 Å². The first-order valence-corrected chi connectivity index (χ1v) is 10.7. The number of aliphatic hydroxyl groups is 1. The fourth-order valence-corrected chi connectivity index (χ4v) is 4.02. The van der Waals surface area contributed by atoms with Crippen molar-refractivity contribution in [1.29, 1.82) is 0 Å². The lowest BCUT2D eigenvalue weighted by Gasteiger charge is -2.36. The molecular formula is C25H31NO5. The van der Waals surface area contributed by atoms with Gasteiger partial charge in [-0.2, -0.15) is 0 Å². The minimum atomic E-state index is -0.880. The Labute approximate surface area is 183 Å². The quantitative estimate of drug-likeness (QED) is 0.601. The van der Waals surface area contributed by atoms with E-state index in [9.17, 15) is 14.7 Å². The van der Waals surface area contributed by atoms with Crippen molar-refractivity contribution in [1.82, 2.24) is 5.32 Å². The van der Waals surface area contributed by atoms with Gasteiger partial charge in [-0.05, 0) is 62.3 Å². The molecule has 1 saturated carbocycles. The van der Waals surface area contributed by atoms with Crippen molar-refractivity contribution in [3.8, 4) is 11.5 Å². The van der Waals surface area contributed by atoms with Gasteiger partial charge < -0.3 is 24.7 Å². The molecule has 2 aromatic rings. The minimum Gasteiger partial charge on any atom is -0.493 e. The van der Waals surface area contributed by atoms with E-state index < -0.39 is 5.54 Å². The van der Waals surface area contributed by atoms with Gasteiger partial charge in [-0.15, -0.1) is 0 Å². The van der Waals surface area contributed by atoms with Gasteiger partial charge in [0.15, 0.2) is 11.5 Å². The highest BCUT2D eigenvalue weighted by atomic mass is 16.5. The molecule has 0 unspecified atom stereocenters. The summed E-state index contributed by atoms with van der Waals surface area (Å²) >= 11 is 0. The van der Waals surface area contributed by atoms with E-state index in [2.05, 4.69) is 30.4 Å². The highest BCUT2D eigenvalue weighted by Gasteiger charge is 2.36. The van der Waals surface area contributed by atoms with Gasteiger partial charge in [-0.3, -0.25) is 4.79 Å². The fraction of sp³-hybridized carbons (Fsp3) is 0.440. The first kappa shape index (κ1) is 22.8. The number of carbonyl (C=O) groups is 2. The van der Waals surface area contributed by atoms with E-state index in [1.165, 1.54) is 11.1 Å². The molecule has 0 aliphatic heterocycles. The van der Waals surface area contributed by atoms with Crippen molar-refractivity contribution in [2.24, 2.45) is 5.92 Å². The standard InChI is InChI=1S/C25H31NO5/c1-18-4-3-5-19(14-18)10-13-31-23-15-21(6-7-22(23)30-2)24(29)26-25(17-28)11-8-20(16-27)9-12-25/h3-7,14-15,17,20,27H,8-13,16H2,1-2H3,(H,26,29). The number of hydrogen-bond acceptors (Lipinski definition) is 5. The molecule has 0 atom stereocenters. The molecule has 3 rings (SSSR count). The molecule has 0 radical (unpaired) electrons. The number of aldehydes is 1. The Bertz CT molecular complexity index is 903. The monoisotopic (exact) mass is 425 g/mol. The van der Waals surface area contributed by atoms with E-state index >= 15 is 0 Å². The normalized spacial score (nSPS) is 20.7. The van der Waals surface area contributed by atoms with Crippen LogP contribution in [0.15, 0.2) is 42.5 Å². The molecule has 0 bridgehead atoms. The smallest absolute Gasteiger partial charge is 0.252 e. The van der Waals surface area contributed by atoms with Gasteiger partial charge in [-0.1, -0.05) is 29.8 Å². The number of aryl methyl sites for hydroxylation is 1. The Morgan fingerprint density at radius 1 is 1.19 bits per heavy atom. The van der Waals surface area contributed by atoms with Gasteiger partial charge in [0.1, 0.15) is 6.29 Å². The molecule has 6 heteroatoms. The summed E-state index contributed by atoms with van der Waals surface area (Å²) in [6.45, 7) is 2.62. The van der Waals surface area contributed by atoms with Crippen molar-refractivity contribution >= 4 is 12.2 Å². The van der Waals surface area contributed by atoms with E-state index in [1.807, 2.05) is 6.07 Å². The van der Waals surface area contributed by atoms with Gasteiger partial charge in [0.2, 0.25) is 0 Å². The lowest BCUT2D eigenvalue weighted by molar-refractivity contribution is -0.114. The summed E-state index contributed by atoms with van der Waals surface area (Å²) in [5.74, 6) is 0.918. The van der Waals surface area contributed by atoms with Crippen LogP contribution in [0.2, 0.25) is 0 Å². The molecule has 0 spiro atoms. The summed E-state index contributed by atoms with van der Waals surface area (Å²) in [4.78, 5) is 24.7. The second-order valence-corrected chi connectivity index (χ2v) is 8.31. The Hall–Kier alpha value is -2.86. The molecule has 0 saturated heterocycles. The first-order valence-electron chi connectivity index (χ1n) is 10.7. The molecule has 166 valence electrons. The third kappa shape index (κ3) is 5.85. The summed E-state index contributed by atoms with van der Waals surface area (Å²) in [7, 11) is 1.56. The number of hydrogen-bond donors (Lipinski definition) is 2. The highest BCUT2D eigenvalue weighted by molar-refractivity contribution is 5.97. The number of benzene rings is 2. The van der Waals surface area contributed by atoms with Crippen LogP contribution in [0.3, 0.4) is 0 Å². The second-order valence-electron chi connectivity index (χ2n) is 8.31. The molecule has 0 aromatic heterocycles. The van der Waals surface area contributed by atoms with Crippen molar-refractivity contribution in [3.63, 3.8) is 0 Å². The molecular weight excluding hydrogens is 394 g/mol. The molecule has 1 aliphatic carbocycles. The Kier molecular flexibility index (Phi) is 7.69. The summed E-state index contributed by atoms with van der Waals surface area (Å²) < 4.78 is 11.3. The van der Waals surface area contributed by atoms with Crippen LogP contribution in [0.1, 0.15) is 47.2 Å². The zero-order chi connectivity index (χ0) is 22.3. The highest BCUT2D eigenvalue weighted by Crippen LogP contribution is 2.32. The van der Waals surface area contributed by atoms with Crippen molar-refractivity contribution in [2.45, 2.75) is 44.6 Å². The van der Waals surface area contributed by atoms with E-state index in [0.29, 0.717) is 49.4 Å². The largest absolute Gasteiger partial charge is 0.493 e. The Morgan fingerprint density at radius 3 is 2.61 bits per heavy atom. The van der Waals surface area contributed by atoms with Crippen LogP contribution >= 0.6 is 0 Å². The predicted octanol–water partition coefficient (Wildman–Crippen LogP) is 3.48. The zero-order valence-corrected chi connectivity index (χ0v) is 18.2. The number of ether oxygens (including phenoxy) is 2. The molecule has 1 fully saturated rings. The van der Waals surface area contributed by atoms with Crippen LogP contribution in [0.25, 0.3) is 0 Å². The summed E-state index contributed by atoms with van der Waals surface area (Å²) in [5.41, 5.74) is 1.91. The molecule has 1 amide bonds. The zero-order valence-electron chi connectivity index (χ0n) is 18.2. The van der Waals surface area contributed by atoms with Gasteiger partial charge in [-0.25, -0.2) is 0 Å². The summed E-state index contributed by atoms with van der Waals surface area (Å²) in [6.07, 6.45) is 4.06. The molecule has 2 N–H and O–H groups in total. The molecule has 6 nitrogen and oxygen atoms in total. The van der Waals surface area contributed by atoms with Crippen molar-refractivity contribution in [2.75, 3.05) is 20.3 Å². The van der Waals surface area contributed by atoms with Crippen LogP contribution in [-0.2, 0) is 11.2 Å². The van der Waals surface area contributed by atoms with Crippen molar-refractivity contribution in [3.05, 3.63) is 59.2 Å². The second kappa shape index (κ2) is 10.4. The summed E-state index contributed by atoms with van der Waals surface area (Å²) in [5, 5.41) is 12.2. The first-order chi connectivity index (χ1) is 15.0. The Balaban J connectivity index is 1.67. The van der Waals surface area contributed by atoms with Gasteiger partial charge in [0.25, 0.3) is 5.91 Å². The van der Waals surface area contributed by atoms with E-state index in [4.69, 9.17) is 9.47 Å². The number of rotatable bonds is 9. The van der Waals surface area contributed by atoms with Gasteiger partial charge in [0, 0.05) is 18.6 Å². The van der Waals surface area contributed by atoms with Crippen LogP contribution in [0, 0.1) is 12.8 Å². The topological polar surface area (TPSA) is 84.9 Å². The summed E-state index contributed by atoms with van der Waals surface area (Å²) in [6, 6.07) is 13.3. The van der Waals surface area contributed by atoms with Crippen LogP contribution in [-0.4, -0.2) is 43.2 Å². The molecule has 0 heterocycles. The maximum atomic E-state index is 12.9. The van der Waals surface area contributed by atoms with E-state index in [1.54, 1.807) is 25.3 Å². The number of carbonyl (C=O) groups excluding carboxylic acids is 2. The number of aliphatic hydroxyl groups excluding tert-OH is 1. The van der Waals surface area contributed by atoms with Gasteiger partial charge >= 0.3 is 0 Å². The SMILES string of the molecule is COc1ccc(C(=O)NC2(C=O)CCC(CO)CC2)cc1OCCc1cccc(C)c1. The van der Waals surface area contributed by atoms with E-state index in [-0.39, 0.29) is 18.4 Å².